The molecule has 0 spiro atoms. The van der Waals surface area contributed by atoms with Crippen molar-refractivity contribution in [2.45, 2.75) is 32.7 Å². The van der Waals surface area contributed by atoms with Gasteiger partial charge in [-0.2, -0.15) is 0 Å². The monoisotopic (exact) mass is 339 g/mol. The maximum absolute atomic E-state index is 12.2. The summed E-state index contributed by atoms with van der Waals surface area (Å²) in [5.41, 5.74) is 0.635. The van der Waals surface area contributed by atoms with Crippen LogP contribution in [0.1, 0.15) is 25.8 Å². The highest BCUT2D eigenvalue weighted by Crippen LogP contribution is 2.38. The SMILES string of the molecule is CCC(C)C(NC(=O)Cc1cc(OC)c(OC)c(OC)c1)C(=O)O. The van der Waals surface area contributed by atoms with E-state index in [2.05, 4.69) is 5.32 Å². The molecule has 2 atom stereocenters. The molecule has 0 aliphatic heterocycles. The molecule has 0 radical (unpaired) electrons. The smallest absolute Gasteiger partial charge is 0.326 e. The van der Waals surface area contributed by atoms with Gasteiger partial charge in [-0.25, -0.2) is 4.79 Å². The van der Waals surface area contributed by atoms with Gasteiger partial charge in [0.25, 0.3) is 0 Å². The number of methoxy groups -OCH3 is 3. The molecule has 134 valence electrons. The molecule has 7 nitrogen and oxygen atoms in total. The van der Waals surface area contributed by atoms with Crippen LogP contribution < -0.4 is 19.5 Å². The van der Waals surface area contributed by atoms with Gasteiger partial charge in [0.05, 0.1) is 27.8 Å². The van der Waals surface area contributed by atoms with Crippen LogP contribution in [0.4, 0.5) is 0 Å². The van der Waals surface area contributed by atoms with Crippen molar-refractivity contribution >= 4 is 11.9 Å². The number of ether oxygens (including phenoxy) is 3. The highest BCUT2D eigenvalue weighted by atomic mass is 16.5. The standard InChI is InChI=1S/C17H25NO6/c1-6-10(2)15(17(20)21)18-14(19)9-11-7-12(22-3)16(24-5)13(8-11)23-4/h7-8,10,15H,6,9H2,1-5H3,(H,18,19)(H,20,21). The van der Waals surface area contributed by atoms with Crippen molar-refractivity contribution in [1.82, 2.24) is 5.32 Å². The second kappa shape index (κ2) is 9.00. The third-order valence-corrected chi connectivity index (χ3v) is 3.88. The van der Waals surface area contributed by atoms with Crippen molar-refractivity contribution in [1.29, 1.82) is 0 Å². The second-order valence-electron chi connectivity index (χ2n) is 5.48. The van der Waals surface area contributed by atoms with Crippen molar-refractivity contribution < 1.29 is 28.9 Å². The fourth-order valence-corrected chi connectivity index (χ4v) is 2.33. The van der Waals surface area contributed by atoms with E-state index in [0.717, 1.165) is 0 Å². The van der Waals surface area contributed by atoms with Crippen LogP contribution in [0.2, 0.25) is 0 Å². The molecule has 0 aliphatic rings. The molecule has 0 saturated carbocycles. The van der Waals surface area contributed by atoms with Crippen molar-refractivity contribution in [3.63, 3.8) is 0 Å². The molecular weight excluding hydrogens is 314 g/mol. The predicted octanol–water partition coefficient (Wildman–Crippen LogP) is 1.87. The fourth-order valence-electron chi connectivity index (χ4n) is 2.33. The zero-order valence-corrected chi connectivity index (χ0v) is 14.7. The van der Waals surface area contributed by atoms with E-state index in [1.165, 1.54) is 21.3 Å². The largest absolute Gasteiger partial charge is 0.493 e. The maximum Gasteiger partial charge on any atom is 0.326 e. The van der Waals surface area contributed by atoms with E-state index in [-0.39, 0.29) is 18.2 Å². The van der Waals surface area contributed by atoms with E-state index in [0.29, 0.717) is 29.2 Å². The summed E-state index contributed by atoms with van der Waals surface area (Å²) < 4.78 is 15.7. The number of aliphatic carboxylic acids is 1. The first kappa shape index (κ1) is 19.6. The number of hydrogen-bond donors (Lipinski definition) is 2. The molecule has 0 bridgehead atoms. The first-order valence-electron chi connectivity index (χ1n) is 7.68. The van der Waals surface area contributed by atoms with Crippen molar-refractivity contribution in [2.75, 3.05) is 21.3 Å². The van der Waals surface area contributed by atoms with E-state index in [1.54, 1.807) is 19.1 Å². The second-order valence-corrected chi connectivity index (χ2v) is 5.48. The normalized spacial score (nSPS) is 12.9. The van der Waals surface area contributed by atoms with Crippen molar-refractivity contribution in [2.24, 2.45) is 5.92 Å². The van der Waals surface area contributed by atoms with E-state index < -0.39 is 12.0 Å². The predicted molar refractivity (Wildman–Crippen MR) is 88.8 cm³/mol. The van der Waals surface area contributed by atoms with Gasteiger partial charge in [-0.1, -0.05) is 20.3 Å². The quantitative estimate of drug-likeness (QED) is 0.713. The summed E-state index contributed by atoms with van der Waals surface area (Å²) in [6.07, 6.45) is 0.665. The topological polar surface area (TPSA) is 94.1 Å². The number of benzene rings is 1. The Balaban J connectivity index is 2.95. The number of carbonyl (C=O) groups excluding carboxylic acids is 1. The van der Waals surface area contributed by atoms with Crippen LogP contribution in [0.3, 0.4) is 0 Å². The van der Waals surface area contributed by atoms with Crippen LogP contribution >= 0.6 is 0 Å². The summed E-state index contributed by atoms with van der Waals surface area (Å²) in [6.45, 7) is 3.67. The Kier molecular flexibility index (Phi) is 7.35. The molecule has 2 N–H and O–H groups in total. The lowest BCUT2D eigenvalue weighted by Gasteiger charge is -2.20. The van der Waals surface area contributed by atoms with Crippen LogP contribution in [0.25, 0.3) is 0 Å². The highest BCUT2D eigenvalue weighted by Gasteiger charge is 2.25. The van der Waals surface area contributed by atoms with Gasteiger partial charge < -0.3 is 24.6 Å². The molecule has 1 aromatic rings. The lowest BCUT2D eigenvalue weighted by Crippen LogP contribution is -2.45. The van der Waals surface area contributed by atoms with Crippen molar-refractivity contribution in [3.8, 4) is 17.2 Å². The number of carboxylic acids is 1. The third kappa shape index (κ3) is 4.78. The average Bonchev–Trinajstić information content (AvgIpc) is 2.57. The first-order valence-corrected chi connectivity index (χ1v) is 7.68. The van der Waals surface area contributed by atoms with E-state index >= 15 is 0 Å². The molecule has 0 heterocycles. The lowest BCUT2D eigenvalue weighted by atomic mass is 9.99. The number of amides is 1. The Bertz CT molecular complexity index is 561. The third-order valence-electron chi connectivity index (χ3n) is 3.88. The summed E-state index contributed by atoms with van der Waals surface area (Å²) in [6, 6.07) is 2.42. The van der Waals surface area contributed by atoms with Crippen LogP contribution in [0.15, 0.2) is 12.1 Å². The number of nitrogens with one attached hydrogen (secondary N) is 1. The Hall–Kier alpha value is -2.44. The minimum absolute atomic E-state index is 0.0108. The molecule has 1 amide bonds. The van der Waals surface area contributed by atoms with Crippen LogP contribution in [-0.4, -0.2) is 44.4 Å². The highest BCUT2D eigenvalue weighted by molar-refractivity contribution is 5.85. The van der Waals surface area contributed by atoms with Gasteiger partial charge >= 0.3 is 5.97 Å². The first-order chi connectivity index (χ1) is 11.4. The maximum atomic E-state index is 12.2. The van der Waals surface area contributed by atoms with Crippen LogP contribution in [0, 0.1) is 5.92 Å². The summed E-state index contributed by atoms with van der Waals surface area (Å²) in [5.74, 6) is -0.258. The van der Waals surface area contributed by atoms with E-state index in [1.807, 2.05) is 6.92 Å². The fraction of sp³-hybridized carbons (Fsp3) is 0.529. The minimum Gasteiger partial charge on any atom is -0.493 e. The number of carbonyl (C=O) groups is 2. The van der Waals surface area contributed by atoms with Gasteiger partial charge in [0, 0.05) is 0 Å². The summed E-state index contributed by atoms with van der Waals surface area (Å²) >= 11 is 0. The minimum atomic E-state index is -1.04. The number of hydrogen-bond acceptors (Lipinski definition) is 5. The Morgan fingerprint density at radius 1 is 1.12 bits per heavy atom. The van der Waals surface area contributed by atoms with Crippen LogP contribution in [-0.2, 0) is 16.0 Å². The summed E-state index contributed by atoms with van der Waals surface area (Å²) in [5, 5.41) is 11.8. The van der Waals surface area contributed by atoms with Crippen molar-refractivity contribution in [3.05, 3.63) is 17.7 Å². The zero-order chi connectivity index (χ0) is 18.3. The molecule has 1 rings (SSSR count). The molecular formula is C17H25NO6. The molecule has 2 unspecified atom stereocenters. The van der Waals surface area contributed by atoms with Gasteiger partial charge in [-0.15, -0.1) is 0 Å². The average molecular weight is 339 g/mol. The Morgan fingerprint density at radius 2 is 1.67 bits per heavy atom. The van der Waals surface area contributed by atoms with Gasteiger partial charge in [-0.3, -0.25) is 4.79 Å². The summed E-state index contributed by atoms with van der Waals surface area (Å²) in [4.78, 5) is 23.5. The Morgan fingerprint density at radius 3 is 2.04 bits per heavy atom. The molecule has 0 saturated heterocycles. The molecule has 0 fully saturated rings. The van der Waals surface area contributed by atoms with Gasteiger partial charge in [-0.05, 0) is 23.6 Å². The van der Waals surface area contributed by atoms with E-state index in [4.69, 9.17) is 14.2 Å². The van der Waals surface area contributed by atoms with Gasteiger partial charge in [0.2, 0.25) is 11.7 Å². The van der Waals surface area contributed by atoms with Crippen LogP contribution in [0.5, 0.6) is 17.2 Å². The molecule has 0 aromatic heterocycles. The summed E-state index contributed by atoms with van der Waals surface area (Å²) in [7, 11) is 4.48. The zero-order valence-electron chi connectivity index (χ0n) is 14.7. The molecule has 0 aliphatic carbocycles. The number of carboxylic acid groups (broad SMARTS) is 1. The van der Waals surface area contributed by atoms with E-state index in [9.17, 15) is 14.7 Å². The molecule has 24 heavy (non-hydrogen) atoms. The Labute approximate surface area is 141 Å². The molecule has 7 heteroatoms. The number of rotatable bonds is 9. The van der Waals surface area contributed by atoms with Gasteiger partial charge in [0.15, 0.2) is 11.5 Å². The van der Waals surface area contributed by atoms with Gasteiger partial charge in [0.1, 0.15) is 6.04 Å². The molecule has 1 aromatic carbocycles. The lowest BCUT2D eigenvalue weighted by molar-refractivity contribution is -0.143.